The van der Waals surface area contributed by atoms with Gasteiger partial charge in [0, 0.05) is 45.2 Å². The molecule has 4 aromatic carbocycles. The van der Waals surface area contributed by atoms with Gasteiger partial charge in [0.05, 0.1) is 5.92 Å². The number of hydrogen-bond acceptors (Lipinski definition) is 6. The average molecular weight is 564 g/mol. The number of thiophene rings is 1. The summed E-state index contributed by atoms with van der Waals surface area (Å²) in [4.78, 5) is 25.6. The summed E-state index contributed by atoms with van der Waals surface area (Å²) in [5.74, 6) is 1.79. The van der Waals surface area contributed by atoms with Crippen LogP contribution in [0.25, 0.3) is 25.1 Å². The van der Waals surface area contributed by atoms with E-state index >= 15 is 0 Å². The Morgan fingerprint density at radius 1 is 0.780 bits per heavy atom. The van der Waals surface area contributed by atoms with Crippen LogP contribution >= 0.6 is 10.5 Å². The Bertz CT molecular complexity index is 1740. The molecular weight excluding hydrogens is 536 g/mol. The molecule has 0 spiro atoms. The summed E-state index contributed by atoms with van der Waals surface area (Å²) in [5, 5.41) is 2.62. The van der Waals surface area contributed by atoms with Crippen LogP contribution in [0.5, 0.6) is 17.2 Å². The van der Waals surface area contributed by atoms with Crippen LogP contribution in [0.4, 0.5) is 0 Å². The third kappa shape index (κ3) is 4.15. The predicted octanol–water partition coefficient (Wildman–Crippen LogP) is 7.40. The van der Waals surface area contributed by atoms with Crippen LogP contribution in [0.15, 0.2) is 97.1 Å². The molecule has 5 unspecified atom stereocenters. The monoisotopic (exact) mass is 563 g/mol. The maximum atomic E-state index is 12.5. The lowest BCUT2D eigenvalue weighted by Gasteiger charge is -2.25. The third-order valence-electron chi connectivity index (χ3n) is 8.66. The Morgan fingerprint density at radius 2 is 1.39 bits per heavy atom. The fourth-order valence-electron chi connectivity index (χ4n) is 6.88. The topological polar surface area (TPSA) is 71.1 Å². The number of hydrogen-bond donors (Lipinski definition) is 0. The summed E-state index contributed by atoms with van der Waals surface area (Å²) >= 11 is 0. The minimum Gasteiger partial charge on any atom is -0.482 e. The summed E-state index contributed by atoms with van der Waals surface area (Å²) in [6.07, 6.45) is 1.02. The van der Waals surface area contributed by atoms with Crippen molar-refractivity contribution in [2.24, 2.45) is 17.8 Å². The van der Waals surface area contributed by atoms with Crippen LogP contribution in [0, 0.1) is 17.8 Å². The number of carbonyl (C=O) groups excluding carboxylic acids is 2. The van der Waals surface area contributed by atoms with E-state index in [1.807, 2.05) is 24.3 Å². The summed E-state index contributed by atoms with van der Waals surface area (Å²) in [6, 6.07) is 32.7. The molecule has 7 heteroatoms. The number of esters is 2. The molecule has 1 aromatic heterocycles. The second-order valence-corrected chi connectivity index (χ2v) is 13.0. The standard InChI is InChI=1S/C34H27O6S/c35-31(39-32-20-17-27-28(18-20)34(36)40-33(27)32)19-37-21-9-11-22(12-10-21)38-23-13-15-24(16-14-23)41-29-7-3-1-5-25(29)26-6-2-4-8-30(26)41/h1-16,20,27-28,32-33H,17-19H2/q+1. The molecular formula is C34H27O6S+. The molecule has 2 bridgehead atoms. The first-order valence-corrected chi connectivity index (χ1v) is 15.2. The molecule has 204 valence electrons. The Hall–Kier alpha value is -4.36. The van der Waals surface area contributed by atoms with Gasteiger partial charge in [-0.15, -0.1) is 0 Å². The lowest BCUT2D eigenvalue weighted by molar-refractivity contribution is -0.163. The molecule has 0 amide bonds. The number of rotatable bonds is 7. The zero-order valence-corrected chi connectivity index (χ0v) is 22.9. The van der Waals surface area contributed by atoms with Gasteiger partial charge >= 0.3 is 11.9 Å². The maximum Gasteiger partial charge on any atom is 0.344 e. The fraction of sp³-hybridized carbons (Fsp3) is 0.235. The normalized spacial score (nSPS) is 24.1. The molecule has 1 saturated heterocycles. The second kappa shape index (κ2) is 9.63. The van der Waals surface area contributed by atoms with Crippen LogP contribution in [-0.4, -0.2) is 30.8 Å². The maximum absolute atomic E-state index is 12.5. The van der Waals surface area contributed by atoms with Gasteiger partial charge in [0.15, 0.2) is 20.9 Å². The predicted molar refractivity (Wildman–Crippen MR) is 157 cm³/mol. The smallest absolute Gasteiger partial charge is 0.344 e. The molecule has 0 radical (unpaired) electrons. The summed E-state index contributed by atoms with van der Waals surface area (Å²) in [7, 11) is -0.141. The zero-order valence-electron chi connectivity index (χ0n) is 22.1. The van der Waals surface area contributed by atoms with Crippen molar-refractivity contribution in [3.63, 3.8) is 0 Å². The summed E-state index contributed by atoms with van der Waals surface area (Å²) in [5.41, 5.74) is 0. The van der Waals surface area contributed by atoms with Gasteiger partial charge in [-0.1, -0.05) is 24.3 Å². The van der Waals surface area contributed by atoms with E-state index in [0.717, 1.165) is 18.6 Å². The average Bonchev–Trinajstić information content (AvgIpc) is 3.72. The van der Waals surface area contributed by atoms with E-state index in [2.05, 4.69) is 60.7 Å². The van der Waals surface area contributed by atoms with Gasteiger partial charge < -0.3 is 18.9 Å². The minimum atomic E-state index is -0.448. The van der Waals surface area contributed by atoms with Crippen molar-refractivity contribution < 1.29 is 28.5 Å². The Kier molecular flexibility index (Phi) is 5.74. The SMILES string of the molecule is O=C(COc1ccc(Oc2ccc(-[s+]3c4ccccc4c4ccccc43)cc2)cc1)OC1C2CC3C(=O)OC1C3C2. The van der Waals surface area contributed by atoms with Gasteiger partial charge in [-0.3, -0.25) is 4.79 Å². The molecule has 3 fully saturated rings. The number of ether oxygens (including phenoxy) is 4. The zero-order chi connectivity index (χ0) is 27.5. The second-order valence-electron chi connectivity index (χ2n) is 11.0. The van der Waals surface area contributed by atoms with Gasteiger partial charge in [-0.2, -0.15) is 0 Å². The van der Waals surface area contributed by atoms with Crippen LogP contribution in [0.3, 0.4) is 0 Å². The van der Waals surface area contributed by atoms with Crippen LogP contribution in [0.1, 0.15) is 12.8 Å². The number of fused-ring (bicyclic) bond motifs is 4. The Labute approximate surface area is 239 Å². The molecule has 3 aliphatic rings. The van der Waals surface area contributed by atoms with Crippen molar-refractivity contribution in [1.82, 2.24) is 0 Å². The fourth-order valence-corrected chi connectivity index (χ4v) is 9.26. The Balaban J connectivity index is 0.904. The van der Waals surface area contributed by atoms with E-state index in [-0.39, 0.29) is 53.0 Å². The minimum absolute atomic E-state index is 0.00228. The van der Waals surface area contributed by atoms with Crippen molar-refractivity contribution in [2.75, 3.05) is 6.61 Å². The van der Waals surface area contributed by atoms with Gasteiger partial charge in [0.2, 0.25) is 0 Å². The molecule has 2 aliphatic carbocycles. The van der Waals surface area contributed by atoms with Crippen molar-refractivity contribution in [1.29, 1.82) is 0 Å². The van der Waals surface area contributed by atoms with Gasteiger partial charge in [-0.05, 0) is 73.5 Å². The molecule has 2 saturated carbocycles. The lowest BCUT2D eigenvalue weighted by atomic mass is 9.88. The first-order valence-electron chi connectivity index (χ1n) is 14.0. The highest BCUT2D eigenvalue weighted by Crippen LogP contribution is 2.55. The van der Waals surface area contributed by atoms with Crippen molar-refractivity contribution in [3.05, 3.63) is 97.1 Å². The third-order valence-corrected chi connectivity index (χ3v) is 11.0. The quantitative estimate of drug-likeness (QED) is 0.152. The van der Waals surface area contributed by atoms with Crippen LogP contribution in [0.2, 0.25) is 0 Å². The number of carbonyl (C=O) groups is 2. The van der Waals surface area contributed by atoms with E-state index in [1.54, 1.807) is 12.1 Å². The Morgan fingerprint density at radius 3 is 2.07 bits per heavy atom. The van der Waals surface area contributed by atoms with E-state index in [0.29, 0.717) is 11.5 Å². The van der Waals surface area contributed by atoms with E-state index in [9.17, 15) is 9.59 Å². The largest absolute Gasteiger partial charge is 0.482 e. The summed E-state index contributed by atoms with van der Waals surface area (Å²) in [6.45, 7) is -0.201. The summed E-state index contributed by atoms with van der Waals surface area (Å²) < 4.78 is 25.6. The molecule has 41 heavy (non-hydrogen) atoms. The molecule has 5 atom stereocenters. The lowest BCUT2D eigenvalue weighted by Crippen LogP contribution is -2.37. The van der Waals surface area contributed by atoms with Crippen molar-refractivity contribution in [3.8, 4) is 22.1 Å². The first-order chi connectivity index (χ1) is 20.1. The highest BCUT2D eigenvalue weighted by Gasteiger charge is 2.63. The van der Waals surface area contributed by atoms with Gasteiger partial charge in [-0.25, -0.2) is 4.79 Å². The molecule has 8 rings (SSSR count). The number of benzene rings is 4. The molecule has 1 aliphatic heterocycles. The first kappa shape index (κ1) is 24.4. The van der Waals surface area contributed by atoms with Crippen LogP contribution in [-0.2, 0) is 19.1 Å². The van der Waals surface area contributed by atoms with Crippen molar-refractivity contribution in [2.45, 2.75) is 25.0 Å². The highest BCUT2D eigenvalue weighted by molar-refractivity contribution is 7.50. The molecule has 6 nitrogen and oxygen atoms in total. The molecule has 5 aromatic rings. The molecule has 0 N–H and O–H groups in total. The van der Waals surface area contributed by atoms with E-state index in [4.69, 9.17) is 18.9 Å². The van der Waals surface area contributed by atoms with Gasteiger partial charge in [0.1, 0.15) is 29.5 Å². The van der Waals surface area contributed by atoms with E-state index in [1.165, 1.54) is 25.1 Å². The van der Waals surface area contributed by atoms with Crippen molar-refractivity contribution >= 4 is 42.6 Å². The highest BCUT2D eigenvalue weighted by atomic mass is 32.2. The van der Waals surface area contributed by atoms with Gasteiger partial charge in [0.25, 0.3) is 0 Å². The van der Waals surface area contributed by atoms with E-state index < -0.39 is 5.97 Å². The van der Waals surface area contributed by atoms with Crippen LogP contribution < -0.4 is 9.47 Å². The molecule has 2 heterocycles.